The van der Waals surface area contributed by atoms with Gasteiger partial charge < -0.3 is 10.2 Å². The molecule has 144 valence electrons. The zero-order valence-corrected chi connectivity index (χ0v) is 15.9. The Labute approximate surface area is 162 Å². The van der Waals surface area contributed by atoms with Gasteiger partial charge in [0.2, 0.25) is 5.91 Å². The molecule has 0 saturated heterocycles. The molecule has 0 fully saturated rings. The summed E-state index contributed by atoms with van der Waals surface area (Å²) >= 11 is 0. The summed E-state index contributed by atoms with van der Waals surface area (Å²) in [6, 6.07) is 13.3. The number of benzene rings is 2. The van der Waals surface area contributed by atoms with Crippen molar-refractivity contribution in [3.05, 3.63) is 77.4 Å². The lowest BCUT2D eigenvalue weighted by atomic mass is 10.2. The van der Waals surface area contributed by atoms with E-state index in [1.807, 2.05) is 31.2 Å². The summed E-state index contributed by atoms with van der Waals surface area (Å²) < 4.78 is 14.7. The Bertz CT molecular complexity index is 994. The molecule has 3 aromatic rings. The van der Waals surface area contributed by atoms with Gasteiger partial charge in [-0.3, -0.25) is 9.59 Å². The number of amides is 2. The molecule has 7 heteroatoms. The second-order valence-corrected chi connectivity index (χ2v) is 6.61. The lowest BCUT2D eigenvalue weighted by Crippen LogP contribution is -2.35. The van der Waals surface area contributed by atoms with Gasteiger partial charge in [0.1, 0.15) is 5.82 Å². The van der Waals surface area contributed by atoms with Crippen LogP contribution in [0.5, 0.6) is 0 Å². The number of likely N-dealkylation sites (N-methyl/N-ethyl adjacent to an activating group) is 1. The molecule has 0 atom stereocenters. The van der Waals surface area contributed by atoms with E-state index in [0.717, 1.165) is 5.56 Å². The molecular weight excluding hydrogens is 359 g/mol. The number of anilines is 1. The third-order valence-electron chi connectivity index (χ3n) is 4.37. The SMILES string of the molecule is Cc1ccc(NC(=O)CN(C)C(=O)c2cnn(-c3ccc(F)cc3)c2C)cc1. The standard InChI is InChI=1S/C21H21FN4O2/c1-14-4-8-17(9-5-14)24-20(27)13-25(3)21(28)19-12-23-26(15(19)2)18-10-6-16(22)7-11-18/h4-12H,13H2,1-3H3,(H,24,27). The number of hydrogen-bond acceptors (Lipinski definition) is 3. The van der Waals surface area contributed by atoms with Crippen molar-refractivity contribution in [2.45, 2.75) is 13.8 Å². The summed E-state index contributed by atoms with van der Waals surface area (Å²) in [5.74, 6) is -0.947. The minimum atomic E-state index is -0.343. The van der Waals surface area contributed by atoms with Crippen LogP contribution in [-0.4, -0.2) is 40.1 Å². The summed E-state index contributed by atoms with van der Waals surface area (Å²) in [5, 5.41) is 6.99. The van der Waals surface area contributed by atoms with Crippen LogP contribution in [-0.2, 0) is 4.79 Å². The van der Waals surface area contributed by atoms with Crippen molar-refractivity contribution in [1.82, 2.24) is 14.7 Å². The molecule has 0 saturated carbocycles. The van der Waals surface area contributed by atoms with Crippen LogP contribution < -0.4 is 5.32 Å². The minimum Gasteiger partial charge on any atom is -0.332 e. The number of carbonyl (C=O) groups is 2. The summed E-state index contributed by atoms with van der Waals surface area (Å²) in [4.78, 5) is 26.3. The van der Waals surface area contributed by atoms with Gasteiger partial charge in [0, 0.05) is 12.7 Å². The Morgan fingerprint density at radius 3 is 2.36 bits per heavy atom. The van der Waals surface area contributed by atoms with Gasteiger partial charge in [0.05, 0.1) is 29.7 Å². The fourth-order valence-corrected chi connectivity index (χ4v) is 2.79. The van der Waals surface area contributed by atoms with Crippen LogP contribution in [0.4, 0.5) is 10.1 Å². The quantitative estimate of drug-likeness (QED) is 0.738. The van der Waals surface area contributed by atoms with E-state index in [1.54, 1.807) is 30.8 Å². The van der Waals surface area contributed by atoms with E-state index in [1.165, 1.54) is 23.2 Å². The molecule has 0 aliphatic rings. The van der Waals surface area contributed by atoms with E-state index in [-0.39, 0.29) is 24.2 Å². The van der Waals surface area contributed by atoms with Crippen LogP contribution in [0.25, 0.3) is 5.69 Å². The molecular formula is C21H21FN4O2. The molecule has 1 aromatic heterocycles. The first-order chi connectivity index (χ1) is 13.3. The topological polar surface area (TPSA) is 67.2 Å². The smallest absolute Gasteiger partial charge is 0.257 e. The number of nitrogens with zero attached hydrogens (tertiary/aromatic N) is 3. The summed E-state index contributed by atoms with van der Waals surface area (Å²) in [7, 11) is 1.56. The van der Waals surface area contributed by atoms with Crippen molar-refractivity contribution < 1.29 is 14.0 Å². The third-order valence-corrected chi connectivity index (χ3v) is 4.37. The first-order valence-corrected chi connectivity index (χ1v) is 8.77. The summed E-state index contributed by atoms with van der Waals surface area (Å²) in [5.41, 5.74) is 3.42. The van der Waals surface area contributed by atoms with Crippen molar-refractivity contribution in [2.75, 3.05) is 18.9 Å². The highest BCUT2D eigenvalue weighted by Gasteiger charge is 2.20. The van der Waals surface area contributed by atoms with Crippen LogP contribution in [0.2, 0.25) is 0 Å². The molecule has 1 N–H and O–H groups in total. The highest BCUT2D eigenvalue weighted by molar-refractivity contribution is 5.99. The lowest BCUT2D eigenvalue weighted by Gasteiger charge is -2.17. The number of carbonyl (C=O) groups excluding carboxylic acids is 2. The van der Waals surface area contributed by atoms with Crippen LogP contribution >= 0.6 is 0 Å². The first-order valence-electron chi connectivity index (χ1n) is 8.77. The Balaban J connectivity index is 1.68. The van der Waals surface area contributed by atoms with Gasteiger partial charge in [-0.1, -0.05) is 17.7 Å². The van der Waals surface area contributed by atoms with E-state index >= 15 is 0 Å². The van der Waals surface area contributed by atoms with Gasteiger partial charge >= 0.3 is 0 Å². The van der Waals surface area contributed by atoms with Gasteiger partial charge in [-0.15, -0.1) is 0 Å². The zero-order valence-electron chi connectivity index (χ0n) is 15.9. The van der Waals surface area contributed by atoms with Crippen molar-refractivity contribution in [3.8, 4) is 5.69 Å². The minimum absolute atomic E-state index is 0.0894. The third kappa shape index (κ3) is 4.25. The fraction of sp³-hybridized carbons (Fsp3) is 0.190. The Morgan fingerprint density at radius 2 is 1.71 bits per heavy atom. The molecule has 2 amide bonds. The number of aromatic nitrogens is 2. The highest BCUT2D eigenvalue weighted by Crippen LogP contribution is 2.16. The number of rotatable bonds is 5. The van der Waals surface area contributed by atoms with E-state index in [0.29, 0.717) is 22.6 Å². The molecule has 0 bridgehead atoms. The van der Waals surface area contributed by atoms with Crippen LogP contribution in [0, 0.1) is 19.7 Å². The van der Waals surface area contributed by atoms with Gasteiger partial charge in [-0.2, -0.15) is 5.10 Å². The van der Waals surface area contributed by atoms with Gasteiger partial charge in [-0.25, -0.2) is 9.07 Å². The Morgan fingerprint density at radius 1 is 1.07 bits per heavy atom. The molecule has 0 unspecified atom stereocenters. The van der Waals surface area contributed by atoms with E-state index < -0.39 is 0 Å². The lowest BCUT2D eigenvalue weighted by molar-refractivity contribution is -0.116. The van der Waals surface area contributed by atoms with Gasteiger partial charge in [0.15, 0.2) is 0 Å². The number of nitrogens with one attached hydrogen (secondary N) is 1. The van der Waals surface area contributed by atoms with Crippen molar-refractivity contribution in [3.63, 3.8) is 0 Å². The van der Waals surface area contributed by atoms with Gasteiger partial charge in [-0.05, 0) is 50.2 Å². The summed E-state index contributed by atoms with van der Waals surface area (Å²) in [6.07, 6.45) is 1.45. The fourth-order valence-electron chi connectivity index (χ4n) is 2.79. The van der Waals surface area contributed by atoms with E-state index in [4.69, 9.17) is 0 Å². The average Bonchev–Trinajstić information content (AvgIpc) is 3.05. The van der Waals surface area contributed by atoms with E-state index in [9.17, 15) is 14.0 Å². The maximum Gasteiger partial charge on any atom is 0.257 e. The monoisotopic (exact) mass is 380 g/mol. The van der Waals surface area contributed by atoms with E-state index in [2.05, 4.69) is 10.4 Å². The van der Waals surface area contributed by atoms with Crippen molar-refractivity contribution in [2.24, 2.45) is 0 Å². The first kappa shape index (κ1) is 19.3. The molecule has 28 heavy (non-hydrogen) atoms. The molecule has 0 spiro atoms. The maximum atomic E-state index is 13.1. The van der Waals surface area contributed by atoms with Crippen molar-refractivity contribution in [1.29, 1.82) is 0 Å². The number of halogens is 1. The molecule has 0 aliphatic carbocycles. The number of hydrogen-bond donors (Lipinski definition) is 1. The average molecular weight is 380 g/mol. The van der Waals surface area contributed by atoms with Crippen LogP contribution in [0.1, 0.15) is 21.6 Å². The predicted molar refractivity (Wildman–Crippen MR) is 105 cm³/mol. The van der Waals surface area contributed by atoms with Crippen molar-refractivity contribution >= 4 is 17.5 Å². The second-order valence-electron chi connectivity index (χ2n) is 6.61. The largest absolute Gasteiger partial charge is 0.332 e. The normalized spacial score (nSPS) is 10.6. The molecule has 0 radical (unpaired) electrons. The molecule has 1 heterocycles. The Hall–Kier alpha value is -3.48. The maximum absolute atomic E-state index is 13.1. The van der Waals surface area contributed by atoms with Crippen LogP contribution in [0.3, 0.4) is 0 Å². The summed E-state index contributed by atoms with van der Waals surface area (Å²) in [6.45, 7) is 3.63. The second kappa shape index (κ2) is 8.04. The van der Waals surface area contributed by atoms with Gasteiger partial charge in [0.25, 0.3) is 5.91 Å². The molecule has 2 aromatic carbocycles. The molecule has 0 aliphatic heterocycles. The zero-order chi connectivity index (χ0) is 20.3. The molecule has 6 nitrogen and oxygen atoms in total. The molecule has 3 rings (SSSR count). The predicted octanol–water partition coefficient (Wildman–Crippen LogP) is 3.34. The Kier molecular flexibility index (Phi) is 5.54. The van der Waals surface area contributed by atoms with Crippen LogP contribution in [0.15, 0.2) is 54.7 Å². The number of aryl methyl sites for hydroxylation is 1. The highest BCUT2D eigenvalue weighted by atomic mass is 19.1.